The molecule has 0 aliphatic carbocycles. The fraction of sp³-hybridized carbons (Fsp3) is 0.294. The van der Waals surface area contributed by atoms with Crippen LogP contribution in [0, 0.1) is 5.92 Å². The summed E-state index contributed by atoms with van der Waals surface area (Å²) in [4.78, 5) is 1.95. The number of fused-ring (bicyclic) bond motifs is 1. The van der Waals surface area contributed by atoms with Crippen molar-refractivity contribution in [2.45, 2.75) is 12.6 Å². The van der Waals surface area contributed by atoms with Crippen molar-refractivity contribution in [2.75, 3.05) is 18.0 Å². The molecule has 8 heteroatoms. The Morgan fingerprint density at radius 1 is 1.16 bits per heavy atom. The molecule has 0 bridgehead atoms. The predicted octanol–water partition coefficient (Wildman–Crippen LogP) is 3.74. The van der Waals surface area contributed by atoms with Crippen molar-refractivity contribution in [2.24, 2.45) is 5.92 Å². The van der Waals surface area contributed by atoms with Crippen LogP contribution in [0.4, 0.5) is 24.5 Å². The topological polar surface area (TPSA) is 52.6 Å². The highest BCUT2D eigenvalue weighted by Crippen LogP contribution is 2.37. The van der Waals surface area contributed by atoms with Gasteiger partial charge in [0.15, 0.2) is 0 Å². The minimum absolute atomic E-state index is 0.0632. The Balaban J connectivity index is 1.89. The molecule has 2 aromatic carbocycles. The first-order valence-corrected chi connectivity index (χ1v) is 8.82. The summed E-state index contributed by atoms with van der Waals surface area (Å²) in [7, 11) is 0. The summed E-state index contributed by atoms with van der Waals surface area (Å²) < 4.78 is 60.6. The first-order valence-electron chi connectivity index (χ1n) is 7.71. The lowest BCUT2D eigenvalue weighted by Crippen LogP contribution is -2.38. The van der Waals surface area contributed by atoms with Crippen LogP contribution in [-0.4, -0.2) is 21.9 Å². The molecule has 0 saturated carbocycles. The van der Waals surface area contributed by atoms with E-state index in [2.05, 4.69) is 4.72 Å². The highest BCUT2D eigenvalue weighted by atomic mass is 32.2. The van der Waals surface area contributed by atoms with Crippen LogP contribution in [-0.2, 0) is 23.9 Å². The van der Waals surface area contributed by atoms with E-state index in [1.165, 1.54) is 12.1 Å². The van der Waals surface area contributed by atoms with E-state index in [1.807, 2.05) is 29.2 Å². The van der Waals surface area contributed by atoms with E-state index in [9.17, 15) is 17.4 Å². The minimum Gasteiger partial charge on any atom is -0.341 e. The van der Waals surface area contributed by atoms with Gasteiger partial charge in [0.05, 0.1) is 5.56 Å². The SMILES string of the molecule is O=S(O)NCC1Cc2ccccc2N(c2ccc(C(F)(F)F)cc2)C1. The van der Waals surface area contributed by atoms with Gasteiger partial charge < -0.3 is 4.90 Å². The molecular weight excluding hydrogens is 353 g/mol. The van der Waals surface area contributed by atoms with Crippen molar-refractivity contribution in [3.63, 3.8) is 0 Å². The first kappa shape index (κ1) is 17.9. The summed E-state index contributed by atoms with van der Waals surface area (Å²) in [5.74, 6) is 0.0632. The summed E-state index contributed by atoms with van der Waals surface area (Å²) in [5, 5.41) is 0. The Hall–Kier alpha value is -1.90. The molecule has 1 aliphatic rings. The molecule has 25 heavy (non-hydrogen) atoms. The van der Waals surface area contributed by atoms with Crippen molar-refractivity contribution in [3.05, 3.63) is 59.7 Å². The number of benzene rings is 2. The molecule has 2 unspecified atom stereocenters. The van der Waals surface area contributed by atoms with E-state index in [1.54, 1.807) is 0 Å². The molecule has 0 amide bonds. The smallest absolute Gasteiger partial charge is 0.341 e. The maximum atomic E-state index is 12.8. The molecule has 0 saturated heterocycles. The van der Waals surface area contributed by atoms with Gasteiger partial charge in [-0.2, -0.15) is 13.2 Å². The zero-order valence-electron chi connectivity index (χ0n) is 13.2. The molecule has 4 nitrogen and oxygen atoms in total. The number of alkyl halides is 3. The van der Waals surface area contributed by atoms with Crippen LogP contribution in [0.3, 0.4) is 0 Å². The molecule has 134 valence electrons. The van der Waals surface area contributed by atoms with Gasteiger partial charge in [0.2, 0.25) is 11.3 Å². The lowest BCUT2D eigenvalue weighted by Gasteiger charge is -2.36. The quantitative estimate of drug-likeness (QED) is 0.806. The number of halogens is 3. The molecule has 0 fully saturated rings. The van der Waals surface area contributed by atoms with Crippen molar-refractivity contribution >= 4 is 22.6 Å². The second kappa shape index (κ2) is 7.15. The first-order chi connectivity index (χ1) is 11.8. The molecule has 2 aromatic rings. The number of nitrogens with one attached hydrogen (secondary N) is 1. The number of anilines is 2. The van der Waals surface area contributed by atoms with Gasteiger partial charge in [0.25, 0.3) is 0 Å². The second-order valence-electron chi connectivity index (χ2n) is 5.95. The summed E-state index contributed by atoms with van der Waals surface area (Å²) in [5.41, 5.74) is 1.98. The number of nitrogens with zero attached hydrogens (tertiary/aromatic N) is 1. The van der Waals surface area contributed by atoms with Crippen LogP contribution in [0.2, 0.25) is 0 Å². The van der Waals surface area contributed by atoms with Crippen LogP contribution in [0.1, 0.15) is 11.1 Å². The third-order valence-electron chi connectivity index (χ3n) is 4.23. The number of hydrogen-bond donors (Lipinski definition) is 2. The molecule has 2 atom stereocenters. The maximum absolute atomic E-state index is 12.8. The van der Waals surface area contributed by atoms with Gasteiger partial charge in [0.1, 0.15) is 0 Å². The monoisotopic (exact) mass is 370 g/mol. The summed E-state index contributed by atoms with van der Waals surface area (Å²) in [6, 6.07) is 12.8. The molecule has 1 aliphatic heterocycles. The maximum Gasteiger partial charge on any atom is 0.416 e. The standard InChI is InChI=1S/C17H17F3N2O2S/c18-17(19,20)14-5-7-15(8-6-14)22-11-12(10-21-25(23)24)9-13-3-1-2-4-16(13)22/h1-8,12,21H,9-11H2,(H,23,24). The fourth-order valence-corrected chi connectivity index (χ4v) is 3.46. The van der Waals surface area contributed by atoms with E-state index in [0.29, 0.717) is 18.8 Å². The summed E-state index contributed by atoms with van der Waals surface area (Å²) >= 11 is -2.09. The Labute approximate surface area is 146 Å². The average Bonchev–Trinajstić information content (AvgIpc) is 2.58. The van der Waals surface area contributed by atoms with Gasteiger partial charge in [0, 0.05) is 24.5 Å². The highest BCUT2D eigenvalue weighted by Gasteiger charge is 2.31. The van der Waals surface area contributed by atoms with E-state index in [4.69, 9.17) is 4.55 Å². The van der Waals surface area contributed by atoms with E-state index >= 15 is 0 Å². The van der Waals surface area contributed by atoms with Gasteiger partial charge in [-0.3, -0.25) is 4.55 Å². The van der Waals surface area contributed by atoms with Gasteiger partial charge in [-0.05, 0) is 48.2 Å². The van der Waals surface area contributed by atoms with Gasteiger partial charge in [-0.25, -0.2) is 8.93 Å². The second-order valence-corrected chi connectivity index (χ2v) is 6.74. The lowest BCUT2D eigenvalue weighted by atomic mass is 9.92. The van der Waals surface area contributed by atoms with Crippen LogP contribution < -0.4 is 9.62 Å². The Morgan fingerprint density at radius 2 is 1.84 bits per heavy atom. The van der Waals surface area contributed by atoms with Crippen molar-refractivity contribution < 1.29 is 21.9 Å². The lowest BCUT2D eigenvalue weighted by molar-refractivity contribution is -0.137. The van der Waals surface area contributed by atoms with Crippen LogP contribution >= 0.6 is 0 Å². The third kappa shape index (κ3) is 4.20. The molecule has 1 heterocycles. The van der Waals surface area contributed by atoms with Crippen molar-refractivity contribution in [1.82, 2.24) is 4.72 Å². The molecule has 3 rings (SSSR count). The van der Waals surface area contributed by atoms with E-state index in [-0.39, 0.29) is 5.92 Å². The van der Waals surface area contributed by atoms with Crippen molar-refractivity contribution in [3.8, 4) is 0 Å². The third-order valence-corrected chi connectivity index (χ3v) is 4.65. The largest absolute Gasteiger partial charge is 0.416 e. The zero-order chi connectivity index (χ0) is 18.0. The van der Waals surface area contributed by atoms with Gasteiger partial charge >= 0.3 is 6.18 Å². The Morgan fingerprint density at radius 3 is 2.48 bits per heavy atom. The molecule has 0 aromatic heterocycles. The Kier molecular flexibility index (Phi) is 5.12. The van der Waals surface area contributed by atoms with E-state index in [0.717, 1.165) is 29.8 Å². The minimum atomic E-state index is -4.37. The molecule has 0 spiro atoms. The van der Waals surface area contributed by atoms with Crippen LogP contribution in [0.5, 0.6) is 0 Å². The van der Waals surface area contributed by atoms with Crippen molar-refractivity contribution in [1.29, 1.82) is 0 Å². The Bertz CT molecular complexity index is 765. The highest BCUT2D eigenvalue weighted by molar-refractivity contribution is 7.77. The zero-order valence-corrected chi connectivity index (χ0v) is 14.0. The molecular formula is C17H17F3N2O2S. The number of para-hydroxylation sites is 1. The fourth-order valence-electron chi connectivity index (χ4n) is 3.08. The molecule has 2 N–H and O–H groups in total. The van der Waals surface area contributed by atoms with Gasteiger partial charge in [-0.15, -0.1) is 0 Å². The number of hydrogen-bond acceptors (Lipinski definition) is 2. The normalized spacial score (nSPS) is 18.7. The predicted molar refractivity (Wildman–Crippen MR) is 90.9 cm³/mol. The summed E-state index contributed by atoms with van der Waals surface area (Å²) in [6.45, 7) is 0.890. The van der Waals surface area contributed by atoms with Crippen LogP contribution in [0.15, 0.2) is 48.5 Å². The summed E-state index contributed by atoms with van der Waals surface area (Å²) in [6.07, 6.45) is -3.63. The van der Waals surface area contributed by atoms with Gasteiger partial charge in [-0.1, -0.05) is 18.2 Å². The average molecular weight is 370 g/mol. The van der Waals surface area contributed by atoms with Crippen LogP contribution in [0.25, 0.3) is 0 Å². The molecule has 0 radical (unpaired) electrons. The van der Waals surface area contributed by atoms with E-state index < -0.39 is 23.0 Å². The number of rotatable bonds is 4.